The summed E-state index contributed by atoms with van der Waals surface area (Å²) in [5.41, 5.74) is 2.80. The molecule has 0 bridgehead atoms. The van der Waals surface area contributed by atoms with E-state index in [1.165, 1.54) is 0 Å². The molecule has 5 nitrogen and oxygen atoms in total. The Morgan fingerprint density at radius 2 is 2.08 bits per heavy atom. The standard InChI is InChI=1S/C20H20N4OS/c25-20(18-14-26-13-17(18)15-6-2-1-3-7-15)21-12-16-8-5-11-24(16)19-9-4-10-22-23-19/h1-4,6-7,9-10,13-14,16H,5,8,11-12H2,(H,21,25). The normalized spacial score (nSPS) is 16.6. The molecule has 1 aliphatic rings. The first kappa shape index (κ1) is 16.7. The smallest absolute Gasteiger partial charge is 0.252 e. The number of anilines is 1. The molecule has 6 heteroatoms. The molecule has 1 N–H and O–H groups in total. The minimum atomic E-state index is -0.0175. The maximum atomic E-state index is 12.7. The molecular formula is C20H20N4OS. The molecule has 1 aromatic carbocycles. The predicted molar refractivity (Wildman–Crippen MR) is 104 cm³/mol. The van der Waals surface area contributed by atoms with E-state index in [2.05, 4.69) is 20.4 Å². The Hall–Kier alpha value is -2.73. The lowest BCUT2D eigenvalue weighted by Crippen LogP contribution is -2.40. The highest BCUT2D eigenvalue weighted by Crippen LogP contribution is 2.27. The van der Waals surface area contributed by atoms with Crippen LogP contribution in [-0.4, -0.2) is 35.2 Å². The summed E-state index contributed by atoms with van der Waals surface area (Å²) in [6, 6.07) is 14.2. The first-order valence-electron chi connectivity index (χ1n) is 8.77. The molecule has 1 saturated heterocycles. The molecule has 0 aliphatic carbocycles. The Morgan fingerprint density at radius 1 is 1.19 bits per heavy atom. The monoisotopic (exact) mass is 364 g/mol. The van der Waals surface area contributed by atoms with Crippen LogP contribution in [0.5, 0.6) is 0 Å². The van der Waals surface area contributed by atoms with Crippen LogP contribution in [0.25, 0.3) is 11.1 Å². The fraction of sp³-hybridized carbons (Fsp3) is 0.250. The average molecular weight is 364 g/mol. The number of nitrogens with zero attached hydrogens (tertiary/aromatic N) is 3. The fourth-order valence-electron chi connectivity index (χ4n) is 3.42. The highest BCUT2D eigenvalue weighted by molar-refractivity contribution is 7.08. The molecule has 0 spiro atoms. The van der Waals surface area contributed by atoms with Gasteiger partial charge in [0.15, 0.2) is 5.82 Å². The lowest BCUT2D eigenvalue weighted by atomic mass is 10.0. The van der Waals surface area contributed by atoms with Gasteiger partial charge in [-0.25, -0.2) is 0 Å². The van der Waals surface area contributed by atoms with Crippen LogP contribution in [0.1, 0.15) is 23.2 Å². The summed E-state index contributed by atoms with van der Waals surface area (Å²) in [6.07, 6.45) is 3.83. The quantitative estimate of drug-likeness (QED) is 0.751. The molecule has 1 unspecified atom stereocenters. The Labute approximate surface area is 156 Å². The maximum absolute atomic E-state index is 12.7. The molecule has 1 fully saturated rings. The van der Waals surface area contributed by atoms with Gasteiger partial charge in [0.1, 0.15) is 0 Å². The van der Waals surface area contributed by atoms with E-state index in [9.17, 15) is 4.79 Å². The first-order chi connectivity index (χ1) is 12.8. The number of nitrogens with one attached hydrogen (secondary N) is 1. The summed E-state index contributed by atoms with van der Waals surface area (Å²) in [7, 11) is 0. The van der Waals surface area contributed by atoms with E-state index in [-0.39, 0.29) is 11.9 Å². The summed E-state index contributed by atoms with van der Waals surface area (Å²) in [5.74, 6) is 0.862. The van der Waals surface area contributed by atoms with E-state index < -0.39 is 0 Å². The van der Waals surface area contributed by atoms with Crippen LogP contribution < -0.4 is 10.2 Å². The molecule has 3 heterocycles. The van der Waals surface area contributed by atoms with Crippen LogP contribution in [0.4, 0.5) is 5.82 Å². The van der Waals surface area contributed by atoms with Crippen LogP contribution in [0.2, 0.25) is 0 Å². The fourth-order valence-corrected chi connectivity index (χ4v) is 4.25. The van der Waals surface area contributed by atoms with Crippen molar-refractivity contribution < 1.29 is 4.79 Å². The van der Waals surface area contributed by atoms with Gasteiger partial charge >= 0.3 is 0 Å². The molecule has 3 aromatic rings. The number of carbonyl (C=O) groups is 1. The first-order valence-corrected chi connectivity index (χ1v) is 9.71. The van der Waals surface area contributed by atoms with Gasteiger partial charge in [0.05, 0.1) is 5.56 Å². The van der Waals surface area contributed by atoms with Gasteiger partial charge in [0.25, 0.3) is 5.91 Å². The van der Waals surface area contributed by atoms with E-state index in [1.807, 2.05) is 53.2 Å². The van der Waals surface area contributed by atoms with Gasteiger partial charge in [-0.3, -0.25) is 4.79 Å². The van der Waals surface area contributed by atoms with E-state index in [1.54, 1.807) is 17.5 Å². The van der Waals surface area contributed by atoms with Crippen molar-refractivity contribution in [3.05, 3.63) is 65.0 Å². The van der Waals surface area contributed by atoms with Gasteiger partial charge in [0, 0.05) is 36.3 Å². The second-order valence-corrected chi connectivity index (χ2v) is 7.09. The van der Waals surface area contributed by atoms with Gasteiger partial charge in [-0.15, -0.1) is 5.10 Å². The number of rotatable bonds is 5. The summed E-state index contributed by atoms with van der Waals surface area (Å²) >= 11 is 1.56. The van der Waals surface area contributed by atoms with Crippen molar-refractivity contribution in [2.45, 2.75) is 18.9 Å². The molecule has 1 atom stereocenters. The van der Waals surface area contributed by atoms with Gasteiger partial charge < -0.3 is 10.2 Å². The van der Waals surface area contributed by atoms with Crippen LogP contribution >= 0.6 is 11.3 Å². The third-order valence-corrected chi connectivity index (χ3v) is 5.46. The average Bonchev–Trinajstić information content (AvgIpc) is 3.37. The molecule has 132 valence electrons. The van der Waals surface area contributed by atoms with Crippen molar-refractivity contribution in [1.82, 2.24) is 15.5 Å². The van der Waals surface area contributed by atoms with E-state index in [0.29, 0.717) is 6.54 Å². The van der Waals surface area contributed by atoms with Crippen LogP contribution in [0.15, 0.2) is 59.4 Å². The van der Waals surface area contributed by atoms with Crippen molar-refractivity contribution in [3.8, 4) is 11.1 Å². The number of benzene rings is 1. The molecule has 4 rings (SSSR count). The molecule has 0 saturated carbocycles. The molecule has 0 radical (unpaired) electrons. The highest BCUT2D eigenvalue weighted by Gasteiger charge is 2.26. The van der Waals surface area contributed by atoms with Gasteiger partial charge in [-0.1, -0.05) is 30.3 Å². The van der Waals surface area contributed by atoms with E-state index >= 15 is 0 Å². The number of hydrogen-bond donors (Lipinski definition) is 1. The van der Waals surface area contributed by atoms with Crippen LogP contribution in [-0.2, 0) is 0 Å². The molecular weight excluding hydrogens is 344 g/mol. The lowest BCUT2D eigenvalue weighted by molar-refractivity contribution is 0.0952. The van der Waals surface area contributed by atoms with Gasteiger partial charge in [-0.2, -0.15) is 16.4 Å². The van der Waals surface area contributed by atoms with Gasteiger partial charge in [0.2, 0.25) is 0 Å². The lowest BCUT2D eigenvalue weighted by Gasteiger charge is -2.25. The zero-order valence-corrected chi connectivity index (χ0v) is 15.2. The highest BCUT2D eigenvalue weighted by atomic mass is 32.1. The minimum absolute atomic E-state index is 0.0175. The van der Waals surface area contributed by atoms with Crippen molar-refractivity contribution in [1.29, 1.82) is 0 Å². The number of aromatic nitrogens is 2. The number of thiophene rings is 1. The summed E-state index contributed by atoms with van der Waals surface area (Å²) in [5, 5.41) is 15.2. The van der Waals surface area contributed by atoms with Crippen molar-refractivity contribution in [2.24, 2.45) is 0 Å². The maximum Gasteiger partial charge on any atom is 0.252 e. The summed E-state index contributed by atoms with van der Waals surface area (Å²) < 4.78 is 0. The third kappa shape index (κ3) is 3.46. The zero-order chi connectivity index (χ0) is 17.8. The Bertz CT molecular complexity index is 866. The zero-order valence-electron chi connectivity index (χ0n) is 14.3. The van der Waals surface area contributed by atoms with E-state index in [0.717, 1.165) is 41.9 Å². The van der Waals surface area contributed by atoms with Gasteiger partial charge in [-0.05, 0) is 35.9 Å². The van der Waals surface area contributed by atoms with Crippen LogP contribution in [0.3, 0.4) is 0 Å². The second-order valence-electron chi connectivity index (χ2n) is 6.35. The molecule has 26 heavy (non-hydrogen) atoms. The largest absolute Gasteiger partial charge is 0.350 e. The topological polar surface area (TPSA) is 58.1 Å². The molecule has 1 aliphatic heterocycles. The summed E-state index contributed by atoms with van der Waals surface area (Å²) in [4.78, 5) is 15.0. The SMILES string of the molecule is O=C(NCC1CCCN1c1cccnn1)c1cscc1-c1ccccc1. The number of carbonyl (C=O) groups excluding carboxylic acids is 1. The van der Waals surface area contributed by atoms with E-state index in [4.69, 9.17) is 0 Å². The molecule has 1 amide bonds. The second kappa shape index (κ2) is 7.66. The van der Waals surface area contributed by atoms with Crippen molar-refractivity contribution >= 4 is 23.1 Å². The Morgan fingerprint density at radius 3 is 2.88 bits per heavy atom. The Balaban J connectivity index is 1.44. The molecule has 2 aromatic heterocycles. The number of amides is 1. The van der Waals surface area contributed by atoms with Crippen molar-refractivity contribution in [2.75, 3.05) is 18.0 Å². The Kier molecular flexibility index (Phi) is 4.93. The minimum Gasteiger partial charge on any atom is -0.350 e. The predicted octanol–water partition coefficient (Wildman–Crippen LogP) is 3.60. The van der Waals surface area contributed by atoms with Crippen LogP contribution in [0, 0.1) is 0 Å². The number of hydrogen-bond acceptors (Lipinski definition) is 5. The van der Waals surface area contributed by atoms with Crippen molar-refractivity contribution in [3.63, 3.8) is 0 Å². The summed E-state index contributed by atoms with van der Waals surface area (Å²) in [6.45, 7) is 1.56. The third-order valence-electron chi connectivity index (χ3n) is 4.72.